The van der Waals surface area contributed by atoms with Crippen molar-refractivity contribution in [3.63, 3.8) is 0 Å². The molecule has 1 aromatic heterocycles. The van der Waals surface area contributed by atoms with E-state index in [1.165, 1.54) is 11.3 Å². The molecule has 118 valence electrons. The van der Waals surface area contributed by atoms with E-state index in [0.717, 1.165) is 23.5 Å². The molecular formula is C18H22ClNOS. The lowest BCUT2D eigenvalue weighted by Crippen LogP contribution is -2.26. The Kier molecular flexibility index (Phi) is 7.64. The van der Waals surface area contributed by atoms with Crippen LogP contribution in [0.2, 0.25) is 0 Å². The van der Waals surface area contributed by atoms with Crippen LogP contribution in [0, 0.1) is 11.8 Å². The molecule has 1 aromatic carbocycles. The molecule has 0 amide bonds. The van der Waals surface area contributed by atoms with Crippen molar-refractivity contribution < 1.29 is 5.11 Å². The first-order valence-electron chi connectivity index (χ1n) is 7.25. The van der Waals surface area contributed by atoms with Crippen molar-refractivity contribution in [2.24, 2.45) is 0 Å². The minimum atomic E-state index is -1.22. The molecule has 0 saturated heterocycles. The highest BCUT2D eigenvalue weighted by Crippen LogP contribution is 2.32. The number of rotatable bonds is 5. The quantitative estimate of drug-likeness (QED) is 0.841. The second kappa shape index (κ2) is 8.97. The Morgan fingerprint density at radius 2 is 1.77 bits per heavy atom. The van der Waals surface area contributed by atoms with Gasteiger partial charge in [-0.05, 0) is 24.5 Å². The topological polar surface area (TPSA) is 23.5 Å². The number of nitrogens with zero attached hydrogens (tertiary/aromatic N) is 1. The number of hydrogen-bond donors (Lipinski definition) is 1. The highest BCUT2D eigenvalue weighted by Gasteiger charge is 2.30. The lowest BCUT2D eigenvalue weighted by Gasteiger charge is -2.22. The standard InChI is InChI=1S/C18H21NOS.ClH/c1-3-19(4-2)14-9-13-18(20,17-12-8-15-21-17)16-10-6-5-7-11-16;/h5-8,10-12,15,20H,3-4,14H2,1-2H3;1H. The van der Waals surface area contributed by atoms with Crippen molar-refractivity contribution in [3.05, 3.63) is 58.3 Å². The minimum Gasteiger partial charge on any atom is -0.369 e. The van der Waals surface area contributed by atoms with Gasteiger partial charge in [0.25, 0.3) is 0 Å². The summed E-state index contributed by atoms with van der Waals surface area (Å²) in [5.41, 5.74) is -0.401. The number of aliphatic hydroxyl groups is 1. The van der Waals surface area contributed by atoms with Crippen molar-refractivity contribution in [3.8, 4) is 11.8 Å². The maximum absolute atomic E-state index is 11.1. The van der Waals surface area contributed by atoms with E-state index in [1.807, 2.05) is 47.8 Å². The van der Waals surface area contributed by atoms with Gasteiger partial charge in [0.05, 0.1) is 11.4 Å². The first kappa shape index (κ1) is 18.7. The van der Waals surface area contributed by atoms with Gasteiger partial charge in [-0.25, -0.2) is 0 Å². The summed E-state index contributed by atoms with van der Waals surface area (Å²) >= 11 is 1.53. The van der Waals surface area contributed by atoms with E-state index in [1.54, 1.807) is 0 Å². The van der Waals surface area contributed by atoms with Gasteiger partial charge in [0.1, 0.15) is 0 Å². The van der Waals surface area contributed by atoms with Crippen LogP contribution in [0.15, 0.2) is 47.8 Å². The summed E-state index contributed by atoms with van der Waals surface area (Å²) in [6.45, 7) is 6.84. The summed E-state index contributed by atoms with van der Waals surface area (Å²) in [4.78, 5) is 3.09. The first-order chi connectivity index (χ1) is 10.2. The molecule has 22 heavy (non-hydrogen) atoms. The van der Waals surface area contributed by atoms with Gasteiger partial charge in [-0.1, -0.05) is 62.1 Å². The van der Waals surface area contributed by atoms with Gasteiger partial charge in [-0.15, -0.1) is 23.7 Å². The Bertz CT molecular complexity index is 599. The molecule has 0 spiro atoms. The molecule has 0 bridgehead atoms. The fourth-order valence-electron chi connectivity index (χ4n) is 2.17. The number of benzene rings is 1. The fraction of sp³-hybridized carbons (Fsp3) is 0.333. The summed E-state index contributed by atoms with van der Waals surface area (Å²) in [6, 6.07) is 13.5. The third kappa shape index (κ3) is 4.34. The molecular weight excluding hydrogens is 314 g/mol. The lowest BCUT2D eigenvalue weighted by molar-refractivity contribution is 0.149. The van der Waals surface area contributed by atoms with Gasteiger partial charge in [0.15, 0.2) is 5.60 Å². The number of thiophene rings is 1. The van der Waals surface area contributed by atoms with Crippen LogP contribution in [0.5, 0.6) is 0 Å². The van der Waals surface area contributed by atoms with E-state index in [0.29, 0.717) is 6.54 Å². The summed E-state index contributed by atoms with van der Waals surface area (Å²) in [5, 5.41) is 13.1. The molecule has 0 saturated carbocycles. The molecule has 0 aliphatic carbocycles. The molecule has 2 nitrogen and oxygen atoms in total. The third-order valence-electron chi connectivity index (χ3n) is 3.54. The summed E-state index contributed by atoms with van der Waals surface area (Å²) in [6.07, 6.45) is 0. The lowest BCUT2D eigenvalue weighted by atomic mass is 9.93. The van der Waals surface area contributed by atoms with E-state index < -0.39 is 5.60 Å². The SMILES string of the molecule is CCN(CC)CC#CC(O)(c1ccccc1)c1cccs1.Cl. The highest BCUT2D eigenvalue weighted by atomic mass is 35.5. The Labute approximate surface area is 143 Å². The zero-order valence-corrected chi connectivity index (χ0v) is 14.6. The average Bonchev–Trinajstić information content (AvgIpc) is 3.07. The molecule has 2 aromatic rings. The Balaban J connectivity index is 0.00000242. The zero-order valence-electron chi connectivity index (χ0n) is 13.0. The third-order valence-corrected chi connectivity index (χ3v) is 4.51. The maximum Gasteiger partial charge on any atom is 0.186 e. The van der Waals surface area contributed by atoms with Gasteiger partial charge >= 0.3 is 0 Å². The van der Waals surface area contributed by atoms with Gasteiger partial charge < -0.3 is 5.11 Å². The molecule has 4 heteroatoms. The Morgan fingerprint density at radius 3 is 2.32 bits per heavy atom. The molecule has 2 rings (SSSR count). The molecule has 1 N–H and O–H groups in total. The van der Waals surface area contributed by atoms with Crippen molar-refractivity contribution in [1.82, 2.24) is 4.90 Å². The number of hydrogen-bond acceptors (Lipinski definition) is 3. The first-order valence-corrected chi connectivity index (χ1v) is 8.13. The van der Waals surface area contributed by atoms with Gasteiger partial charge in [-0.3, -0.25) is 4.90 Å². The molecule has 1 atom stereocenters. The minimum absolute atomic E-state index is 0. The van der Waals surface area contributed by atoms with Gasteiger partial charge in [0.2, 0.25) is 0 Å². The zero-order chi connectivity index (χ0) is 15.1. The van der Waals surface area contributed by atoms with Crippen molar-refractivity contribution in [1.29, 1.82) is 0 Å². The molecule has 1 unspecified atom stereocenters. The normalized spacial score (nSPS) is 12.9. The van der Waals surface area contributed by atoms with E-state index in [2.05, 4.69) is 30.6 Å². The monoisotopic (exact) mass is 335 g/mol. The van der Waals surface area contributed by atoms with Crippen molar-refractivity contribution in [2.75, 3.05) is 19.6 Å². The van der Waals surface area contributed by atoms with Crippen LogP contribution in [-0.4, -0.2) is 29.6 Å². The van der Waals surface area contributed by atoms with Crippen LogP contribution in [0.4, 0.5) is 0 Å². The summed E-state index contributed by atoms with van der Waals surface area (Å²) < 4.78 is 0. The average molecular weight is 336 g/mol. The van der Waals surface area contributed by atoms with Gasteiger partial charge in [-0.2, -0.15) is 0 Å². The van der Waals surface area contributed by atoms with Crippen LogP contribution >= 0.6 is 23.7 Å². The molecule has 1 heterocycles. The largest absolute Gasteiger partial charge is 0.369 e. The molecule has 0 aliphatic heterocycles. The van der Waals surface area contributed by atoms with E-state index >= 15 is 0 Å². The van der Waals surface area contributed by atoms with Crippen LogP contribution < -0.4 is 0 Å². The fourth-order valence-corrected chi connectivity index (χ4v) is 2.97. The molecule has 0 fully saturated rings. The Morgan fingerprint density at radius 1 is 1.09 bits per heavy atom. The smallest absolute Gasteiger partial charge is 0.186 e. The number of halogens is 1. The maximum atomic E-state index is 11.1. The van der Waals surface area contributed by atoms with Gasteiger partial charge in [0, 0.05) is 5.56 Å². The van der Waals surface area contributed by atoms with Crippen molar-refractivity contribution in [2.45, 2.75) is 19.4 Å². The predicted molar refractivity (Wildman–Crippen MR) is 96.6 cm³/mol. The summed E-state index contributed by atoms with van der Waals surface area (Å²) in [5.74, 6) is 6.24. The van der Waals surface area contributed by atoms with Crippen LogP contribution in [0.25, 0.3) is 0 Å². The predicted octanol–water partition coefficient (Wildman–Crippen LogP) is 3.75. The Hall–Kier alpha value is -1.31. The van der Waals surface area contributed by atoms with Crippen LogP contribution in [0.1, 0.15) is 24.3 Å². The van der Waals surface area contributed by atoms with Crippen molar-refractivity contribution >= 4 is 23.7 Å². The second-order valence-corrected chi connectivity index (χ2v) is 5.76. The summed E-state index contributed by atoms with van der Waals surface area (Å²) in [7, 11) is 0. The van der Waals surface area contributed by atoms with Crippen LogP contribution in [-0.2, 0) is 5.60 Å². The van der Waals surface area contributed by atoms with Crippen LogP contribution in [0.3, 0.4) is 0 Å². The van der Waals surface area contributed by atoms with E-state index in [9.17, 15) is 5.11 Å². The molecule has 0 aliphatic rings. The second-order valence-electron chi connectivity index (χ2n) is 4.82. The molecule has 0 radical (unpaired) electrons. The van der Waals surface area contributed by atoms with E-state index in [4.69, 9.17) is 0 Å². The highest BCUT2D eigenvalue weighted by molar-refractivity contribution is 7.10. The van der Waals surface area contributed by atoms with E-state index in [-0.39, 0.29) is 12.4 Å².